The van der Waals surface area contributed by atoms with E-state index in [2.05, 4.69) is 31.4 Å². The third-order valence-corrected chi connectivity index (χ3v) is 2.68. The second-order valence-electron chi connectivity index (χ2n) is 3.38. The van der Waals surface area contributed by atoms with Gasteiger partial charge in [0.05, 0.1) is 6.20 Å². The lowest BCUT2D eigenvalue weighted by Gasteiger charge is -2.06. The molecule has 1 amide bonds. The number of benzene rings is 1. The van der Waals surface area contributed by atoms with Gasteiger partial charge in [-0.3, -0.25) is 9.89 Å². The Morgan fingerprint density at radius 1 is 1.44 bits per heavy atom. The van der Waals surface area contributed by atoms with Crippen LogP contribution in [-0.4, -0.2) is 16.1 Å². The van der Waals surface area contributed by atoms with Gasteiger partial charge in [0.2, 0.25) is 0 Å². The van der Waals surface area contributed by atoms with Gasteiger partial charge in [-0.25, -0.2) is 0 Å². The minimum absolute atomic E-state index is 0.144. The lowest BCUT2D eigenvalue weighted by molar-refractivity contribution is 0.102. The third kappa shape index (κ3) is 2.30. The van der Waals surface area contributed by atoms with E-state index < -0.39 is 0 Å². The topological polar surface area (TPSA) is 57.8 Å². The number of nitrogens with one attached hydrogen (secondary N) is 2. The molecule has 2 aromatic rings. The molecule has 1 heterocycles. The van der Waals surface area contributed by atoms with E-state index in [9.17, 15) is 4.79 Å². The number of halogens is 1. The zero-order chi connectivity index (χ0) is 11.5. The lowest BCUT2D eigenvalue weighted by Crippen LogP contribution is -2.13. The van der Waals surface area contributed by atoms with E-state index in [0.29, 0.717) is 11.4 Å². The summed E-state index contributed by atoms with van der Waals surface area (Å²) in [5, 5.41) is 9.16. The van der Waals surface area contributed by atoms with Crippen molar-refractivity contribution in [3.8, 4) is 0 Å². The minimum atomic E-state index is -0.144. The fourth-order valence-corrected chi connectivity index (χ4v) is 1.87. The molecule has 0 radical (unpaired) electrons. The molecule has 0 aliphatic heterocycles. The first-order chi connectivity index (χ1) is 7.66. The van der Waals surface area contributed by atoms with Crippen LogP contribution >= 0.6 is 15.9 Å². The van der Waals surface area contributed by atoms with Gasteiger partial charge in [0.25, 0.3) is 5.91 Å². The summed E-state index contributed by atoms with van der Waals surface area (Å²) in [6, 6.07) is 7.23. The van der Waals surface area contributed by atoms with Crippen molar-refractivity contribution in [1.82, 2.24) is 10.2 Å². The molecule has 0 saturated carbocycles. The molecule has 0 fully saturated rings. The van der Waals surface area contributed by atoms with Crippen LogP contribution in [0.3, 0.4) is 0 Å². The average Bonchev–Trinajstić information content (AvgIpc) is 2.70. The van der Waals surface area contributed by atoms with Crippen LogP contribution in [0.15, 0.2) is 34.9 Å². The molecule has 5 heteroatoms. The summed E-state index contributed by atoms with van der Waals surface area (Å²) < 4.78 is 0.961. The fourth-order valence-electron chi connectivity index (χ4n) is 1.40. The summed E-state index contributed by atoms with van der Waals surface area (Å²) in [5.74, 6) is 0.446. The Morgan fingerprint density at radius 2 is 2.25 bits per heavy atom. The predicted octanol–water partition coefficient (Wildman–Crippen LogP) is 2.73. The molecule has 0 bridgehead atoms. The molecular formula is C11H10BrN3O. The van der Waals surface area contributed by atoms with Crippen LogP contribution in [0.4, 0.5) is 5.82 Å². The van der Waals surface area contributed by atoms with Gasteiger partial charge in [-0.1, -0.05) is 15.9 Å². The Bertz CT molecular complexity index is 508. The third-order valence-electron chi connectivity index (χ3n) is 2.18. The molecule has 0 aliphatic carbocycles. The van der Waals surface area contributed by atoms with Gasteiger partial charge in [0.15, 0.2) is 0 Å². The number of anilines is 1. The molecule has 2 N–H and O–H groups in total. The van der Waals surface area contributed by atoms with Crippen molar-refractivity contribution in [2.45, 2.75) is 6.92 Å². The van der Waals surface area contributed by atoms with Gasteiger partial charge in [-0.05, 0) is 30.7 Å². The van der Waals surface area contributed by atoms with E-state index in [4.69, 9.17) is 0 Å². The van der Waals surface area contributed by atoms with Gasteiger partial charge in [0, 0.05) is 16.1 Å². The molecule has 2 rings (SSSR count). The Morgan fingerprint density at radius 3 is 2.88 bits per heavy atom. The van der Waals surface area contributed by atoms with E-state index in [1.165, 1.54) is 0 Å². The van der Waals surface area contributed by atoms with Gasteiger partial charge in [0.1, 0.15) is 5.82 Å². The average molecular weight is 280 g/mol. The SMILES string of the molecule is Cc1cc(Br)ccc1C(=O)Nc1ccn[nH]1. The summed E-state index contributed by atoms with van der Waals surface area (Å²) >= 11 is 3.36. The summed E-state index contributed by atoms with van der Waals surface area (Å²) in [6.45, 7) is 1.90. The quantitative estimate of drug-likeness (QED) is 0.888. The highest BCUT2D eigenvalue weighted by atomic mass is 79.9. The maximum Gasteiger partial charge on any atom is 0.257 e. The number of hydrogen-bond donors (Lipinski definition) is 2. The number of hydrogen-bond acceptors (Lipinski definition) is 2. The molecule has 1 aromatic heterocycles. The Balaban J connectivity index is 2.21. The highest BCUT2D eigenvalue weighted by Crippen LogP contribution is 2.16. The van der Waals surface area contributed by atoms with Crippen LogP contribution < -0.4 is 5.32 Å². The number of amides is 1. The molecule has 0 spiro atoms. The van der Waals surface area contributed by atoms with E-state index in [-0.39, 0.29) is 5.91 Å². The molecule has 16 heavy (non-hydrogen) atoms. The van der Waals surface area contributed by atoms with Crippen LogP contribution in [0, 0.1) is 6.92 Å². The van der Waals surface area contributed by atoms with Crippen molar-refractivity contribution in [3.05, 3.63) is 46.1 Å². The first kappa shape index (κ1) is 10.9. The number of carbonyl (C=O) groups is 1. The van der Waals surface area contributed by atoms with Crippen molar-refractivity contribution in [3.63, 3.8) is 0 Å². The number of rotatable bonds is 2. The highest BCUT2D eigenvalue weighted by molar-refractivity contribution is 9.10. The maximum atomic E-state index is 11.9. The molecule has 0 aliphatic rings. The highest BCUT2D eigenvalue weighted by Gasteiger charge is 2.09. The molecule has 82 valence electrons. The molecule has 1 aromatic carbocycles. The summed E-state index contributed by atoms with van der Waals surface area (Å²) in [4.78, 5) is 11.9. The minimum Gasteiger partial charge on any atom is -0.307 e. The second kappa shape index (κ2) is 4.49. The number of aromatic amines is 1. The standard InChI is InChI=1S/C11H10BrN3O/c1-7-6-8(12)2-3-9(7)11(16)14-10-4-5-13-15-10/h2-6H,1H3,(H2,13,14,15,16). The molecule has 0 unspecified atom stereocenters. The normalized spacial score (nSPS) is 10.1. The van der Waals surface area contributed by atoms with Crippen LogP contribution in [0.25, 0.3) is 0 Å². The molecule has 0 atom stereocenters. The molecular weight excluding hydrogens is 270 g/mol. The van der Waals surface area contributed by atoms with Crippen molar-refractivity contribution in [2.75, 3.05) is 5.32 Å². The molecule has 4 nitrogen and oxygen atoms in total. The number of carbonyl (C=O) groups excluding carboxylic acids is 1. The van der Waals surface area contributed by atoms with Crippen LogP contribution in [0.5, 0.6) is 0 Å². The zero-order valence-electron chi connectivity index (χ0n) is 8.62. The number of nitrogens with zero attached hydrogens (tertiary/aromatic N) is 1. The predicted molar refractivity (Wildman–Crippen MR) is 65.4 cm³/mol. The maximum absolute atomic E-state index is 11.9. The van der Waals surface area contributed by atoms with Gasteiger partial charge in [-0.2, -0.15) is 5.10 Å². The van der Waals surface area contributed by atoms with E-state index in [1.54, 1.807) is 18.3 Å². The van der Waals surface area contributed by atoms with Gasteiger partial charge < -0.3 is 5.32 Å². The van der Waals surface area contributed by atoms with Crippen LogP contribution in [0.2, 0.25) is 0 Å². The Hall–Kier alpha value is -1.62. The molecule has 0 saturated heterocycles. The number of aryl methyl sites for hydroxylation is 1. The monoisotopic (exact) mass is 279 g/mol. The number of aromatic nitrogens is 2. The van der Waals surface area contributed by atoms with Gasteiger partial charge in [-0.15, -0.1) is 0 Å². The zero-order valence-corrected chi connectivity index (χ0v) is 10.2. The van der Waals surface area contributed by atoms with Crippen molar-refractivity contribution >= 4 is 27.7 Å². The largest absolute Gasteiger partial charge is 0.307 e. The smallest absolute Gasteiger partial charge is 0.257 e. The fraction of sp³-hybridized carbons (Fsp3) is 0.0909. The van der Waals surface area contributed by atoms with Gasteiger partial charge >= 0.3 is 0 Å². The van der Waals surface area contributed by atoms with E-state index in [0.717, 1.165) is 10.0 Å². The van der Waals surface area contributed by atoms with Crippen LogP contribution in [0.1, 0.15) is 15.9 Å². The first-order valence-electron chi connectivity index (χ1n) is 4.73. The summed E-state index contributed by atoms with van der Waals surface area (Å²) in [7, 11) is 0. The van der Waals surface area contributed by atoms with Crippen molar-refractivity contribution in [1.29, 1.82) is 0 Å². The van der Waals surface area contributed by atoms with Crippen molar-refractivity contribution < 1.29 is 4.79 Å². The lowest BCUT2D eigenvalue weighted by atomic mass is 10.1. The van der Waals surface area contributed by atoms with E-state index >= 15 is 0 Å². The Kier molecular flexibility index (Phi) is 3.05. The van der Waals surface area contributed by atoms with Crippen LogP contribution in [-0.2, 0) is 0 Å². The van der Waals surface area contributed by atoms with Crippen molar-refractivity contribution in [2.24, 2.45) is 0 Å². The summed E-state index contributed by atoms with van der Waals surface area (Å²) in [6.07, 6.45) is 1.59. The first-order valence-corrected chi connectivity index (χ1v) is 5.53. The number of H-pyrrole nitrogens is 1. The Labute approximate surface area is 101 Å². The second-order valence-corrected chi connectivity index (χ2v) is 4.30. The van der Waals surface area contributed by atoms with E-state index in [1.807, 2.05) is 19.1 Å². The summed E-state index contributed by atoms with van der Waals surface area (Å²) in [5.41, 5.74) is 1.57.